The van der Waals surface area contributed by atoms with Crippen molar-refractivity contribution in [3.8, 4) is 0 Å². The molecule has 108 valence electrons. The Bertz CT molecular complexity index is 403. The number of hydrogen-bond donors (Lipinski definition) is 1. The number of nitrogens with zero attached hydrogens (tertiary/aromatic N) is 1. The Labute approximate surface area is 134 Å². The van der Waals surface area contributed by atoms with Crippen LogP contribution < -0.4 is 5.73 Å². The van der Waals surface area contributed by atoms with Gasteiger partial charge in [0.25, 0.3) is 0 Å². The van der Waals surface area contributed by atoms with Gasteiger partial charge in [0.15, 0.2) is 0 Å². The second-order valence-electron chi connectivity index (χ2n) is 4.61. The first-order chi connectivity index (χ1) is 9.04. The number of thioether (sulfide) groups is 1. The molecule has 0 amide bonds. The highest BCUT2D eigenvalue weighted by Crippen LogP contribution is 2.29. The summed E-state index contributed by atoms with van der Waals surface area (Å²) in [5.74, 6) is 1.12. The van der Waals surface area contributed by atoms with Gasteiger partial charge in [0, 0.05) is 28.9 Å². The number of nitrogens with two attached hydrogens (primary N) is 1. The Hall–Kier alpha value is 0.260. The van der Waals surface area contributed by atoms with E-state index in [0.29, 0.717) is 12.6 Å². The zero-order valence-electron chi connectivity index (χ0n) is 11.7. The van der Waals surface area contributed by atoms with E-state index in [1.54, 1.807) is 0 Å². The van der Waals surface area contributed by atoms with Gasteiger partial charge in [-0.25, -0.2) is 0 Å². The summed E-state index contributed by atoms with van der Waals surface area (Å²) in [7, 11) is 2.15. The standard InChI is InChI=1S/C14H22BrClN2S/c1-4-11(9-19-3)18(2)14(8-17)10-5-6-12(15)13(16)7-10/h5-7,11,14H,4,8-9,17H2,1-3H3. The Balaban J connectivity index is 2.94. The molecular weight excluding hydrogens is 344 g/mol. The molecule has 0 radical (unpaired) electrons. The van der Waals surface area contributed by atoms with E-state index in [0.717, 1.165) is 21.7 Å². The third-order valence-corrected chi connectivity index (χ3v) is 5.40. The summed E-state index contributed by atoms with van der Waals surface area (Å²) in [6, 6.07) is 6.83. The Kier molecular flexibility index (Phi) is 7.77. The SMILES string of the molecule is CCC(CSC)N(C)C(CN)c1ccc(Br)c(Cl)c1. The van der Waals surface area contributed by atoms with Crippen LogP contribution in [0.15, 0.2) is 22.7 Å². The molecule has 19 heavy (non-hydrogen) atoms. The molecule has 0 aliphatic rings. The van der Waals surface area contributed by atoms with Crippen LogP contribution in [0.25, 0.3) is 0 Å². The summed E-state index contributed by atoms with van der Waals surface area (Å²) in [4.78, 5) is 2.37. The van der Waals surface area contributed by atoms with Crippen molar-refractivity contribution in [1.29, 1.82) is 0 Å². The van der Waals surface area contributed by atoms with Crippen LogP contribution in [0, 0.1) is 0 Å². The van der Waals surface area contributed by atoms with Crippen LogP contribution in [0.5, 0.6) is 0 Å². The molecule has 0 fully saturated rings. The Morgan fingerprint density at radius 2 is 2.16 bits per heavy atom. The fourth-order valence-corrected chi connectivity index (χ4v) is 3.52. The van der Waals surface area contributed by atoms with Gasteiger partial charge in [-0.05, 0) is 53.4 Å². The topological polar surface area (TPSA) is 29.3 Å². The van der Waals surface area contributed by atoms with Gasteiger partial charge in [-0.15, -0.1) is 0 Å². The van der Waals surface area contributed by atoms with Crippen molar-refractivity contribution in [3.05, 3.63) is 33.3 Å². The molecule has 0 aromatic heterocycles. The average Bonchev–Trinajstić information content (AvgIpc) is 2.40. The smallest absolute Gasteiger partial charge is 0.0551 e. The molecule has 1 aromatic carbocycles. The van der Waals surface area contributed by atoms with E-state index in [1.807, 2.05) is 23.9 Å². The van der Waals surface area contributed by atoms with E-state index in [1.165, 1.54) is 5.56 Å². The predicted octanol–water partition coefficient (Wildman–Crippen LogP) is 4.18. The molecule has 0 bridgehead atoms. The van der Waals surface area contributed by atoms with Gasteiger partial charge in [0.2, 0.25) is 0 Å². The maximum Gasteiger partial charge on any atom is 0.0551 e. The van der Waals surface area contributed by atoms with Crippen LogP contribution in [-0.2, 0) is 0 Å². The molecule has 2 atom stereocenters. The van der Waals surface area contributed by atoms with Gasteiger partial charge in [-0.2, -0.15) is 11.8 Å². The largest absolute Gasteiger partial charge is 0.329 e. The van der Waals surface area contributed by atoms with Crippen LogP contribution in [0.3, 0.4) is 0 Å². The fraction of sp³-hybridized carbons (Fsp3) is 0.571. The van der Waals surface area contributed by atoms with Crippen LogP contribution >= 0.6 is 39.3 Å². The molecule has 0 spiro atoms. The minimum Gasteiger partial charge on any atom is -0.329 e. The molecule has 1 aromatic rings. The number of hydrogen-bond acceptors (Lipinski definition) is 3. The molecule has 0 heterocycles. The summed E-state index contributed by atoms with van der Waals surface area (Å²) in [5, 5.41) is 0.738. The maximum absolute atomic E-state index is 6.18. The van der Waals surface area contributed by atoms with E-state index in [4.69, 9.17) is 17.3 Å². The van der Waals surface area contributed by atoms with Crippen molar-refractivity contribution in [2.45, 2.75) is 25.4 Å². The highest BCUT2D eigenvalue weighted by Gasteiger charge is 2.22. The van der Waals surface area contributed by atoms with Gasteiger partial charge in [-0.3, -0.25) is 4.90 Å². The second kappa shape index (κ2) is 8.53. The van der Waals surface area contributed by atoms with Crippen molar-refractivity contribution in [1.82, 2.24) is 4.90 Å². The Morgan fingerprint density at radius 3 is 2.63 bits per heavy atom. The van der Waals surface area contributed by atoms with Crippen LogP contribution in [0.2, 0.25) is 5.02 Å². The maximum atomic E-state index is 6.18. The lowest BCUT2D eigenvalue weighted by Gasteiger charge is -2.34. The molecule has 2 unspecified atom stereocenters. The summed E-state index contributed by atoms with van der Waals surface area (Å²) >= 11 is 11.5. The van der Waals surface area contributed by atoms with Crippen molar-refractivity contribution in [3.63, 3.8) is 0 Å². The lowest BCUT2D eigenvalue weighted by Crippen LogP contribution is -2.39. The summed E-state index contributed by atoms with van der Waals surface area (Å²) in [6.07, 6.45) is 3.27. The molecule has 2 N–H and O–H groups in total. The normalized spacial score (nSPS) is 14.7. The van der Waals surface area contributed by atoms with Crippen molar-refractivity contribution in [2.24, 2.45) is 5.73 Å². The molecule has 1 rings (SSSR count). The quantitative estimate of drug-likeness (QED) is 0.786. The first kappa shape index (κ1) is 17.3. The van der Waals surface area contributed by atoms with Gasteiger partial charge in [0.05, 0.1) is 5.02 Å². The number of halogens is 2. The minimum atomic E-state index is 0.211. The first-order valence-corrected chi connectivity index (χ1v) is 8.97. The zero-order chi connectivity index (χ0) is 14.4. The van der Waals surface area contributed by atoms with Crippen LogP contribution in [-0.4, -0.2) is 36.5 Å². The summed E-state index contributed by atoms with van der Waals surface area (Å²) in [6.45, 7) is 2.82. The lowest BCUT2D eigenvalue weighted by molar-refractivity contribution is 0.188. The number of rotatable bonds is 7. The lowest BCUT2D eigenvalue weighted by atomic mass is 10.0. The Morgan fingerprint density at radius 1 is 1.47 bits per heavy atom. The van der Waals surface area contributed by atoms with E-state index in [-0.39, 0.29) is 6.04 Å². The van der Waals surface area contributed by atoms with Crippen molar-refractivity contribution in [2.75, 3.05) is 25.6 Å². The highest BCUT2D eigenvalue weighted by molar-refractivity contribution is 9.10. The van der Waals surface area contributed by atoms with Gasteiger partial charge in [0.1, 0.15) is 0 Å². The monoisotopic (exact) mass is 364 g/mol. The third-order valence-electron chi connectivity index (χ3n) is 3.45. The van der Waals surface area contributed by atoms with Gasteiger partial charge >= 0.3 is 0 Å². The average molecular weight is 366 g/mol. The fourth-order valence-electron chi connectivity index (χ4n) is 2.23. The molecule has 2 nitrogen and oxygen atoms in total. The van der Waals surface area contributed by atoms with Crippen LogP contribution in [0.1, 0.15) is 24.9 Å². The third kappa shape index (κ3) is 4.64. The van der Waals surface area contributed by atoms with E-state index in [2.05, 4.69) is 47.1 Å². The summed E-state index contributed by atoms with van der Waals surface area (Å²) in [5.41, 5.74) is 7.16. The second-order valence-corrected chi connectivity index (χ2v) is 6.78. The molecule has 0 saturated heterocycles. The minimum absolute atomic E-state index is 0.211. The van der Waals surface area contributed by atoms with Crippen molar-refractivity contribution >= 4 is 39.3 Å². The van der Waals surface area contributed by atoms with Gasteiger partial charge < -0.3 is 5.73 Å². The first-order valence-electron chi connectivity index (χ1n) is 6.41. The predicted molar refractivity (Wildman–Crippen MR) is 91.2 cm³/mol. The summed E-state index contributed by atoms with van der Waals surface area (Å²) < 4.78 is 0.924. The number of benzene rings is 1. The molecular formula is C14H22BrClN2S. The molecule has 0 saturated carbocycles. The zero-order valence-corrected chi connectivity index (χ0v) is 14.9. The van der Waals surface area contributed by atoms with E-state index < -0.39 is 0 Å². The van der Waals surface area contributed by atoms with Crippen LogP contribution in [0.4, 0.5) is 0 Å². The van der Waals surface area contributed by atoms with E-state index >= 15 is 0 Å². The van der Waals surface area contributed by atoms with Gasteiger partial charge in [-0.1, -0.05) is 24.6 Å². The molecule has 0 aliphatic heterocycles. The highest BCUT2D eigenvalue weighted by atomic mass is 79.9. The molecule has 0 aliphatic carbocycles. The van der Waals surface area contributed by atoms with E-state index in [9.17, 15) is 0 Å². The molecule has 5 heteroatoms. The van der Waals surface area contributed by atoms with Crippen molar-refractivity contribution < 1.29 is 0 Å². The number of likely N-dealkylation sites (N-methyl/N-ethyl adjacent to an activating group) is 1.